The van der Waals surface area contributed by atoms with E-state index in [1.165, 1.54) is 14.0 Å². The van der Waals surface area contributed by atoms with Crippen LogP contribution >= 0.6 is 15.9 Å². The third kappa shape index (κ3) is 7.64. The summed E-state index contributed by atoms with van der Waals surface area (Å²) < 4.78 is 11.4. The third-order valence-corrected chi connectivity index (χ3v) is 3.28. The van der Waals surface area contributed by atoms with E-state index in [2.05, 4.69) is 21.2 Å². The van der Waals surface area contributed by atoms with E-state index in [0.717, 1.165) is 4.47 Å². The summed E-state index contributed by atoms with van der Waals surface area (Å²) in [4.78, 5) is 34.1. The predicted octanol–water partition coefficient (Wildman–Crippen LogP) is 2.00. The van der Waals surface area contributed by atoms with E-state index in [1.807, 2.05) is 29.6 Å². The third-order valence-electron chi connectivity index (χ3n) is 2.75. The summed E-state index contributed by atoms with van der Waals surface area (Å²) in [6.45, 7) is 1.75. The molecule has 0 radical (unpaired) electrons. The van der Waals surface area contributed by atoms with E-state index in [0.29, 0.717) is 18.8 Å². The van der Waals surface area contributed by atoms with Crippen molar-refractivity contribution in [3.63, 3.8) is 0 Å². The molecular weight excluding hydrogens is 368 g/mol. The molecule has 0 unspecified atom stereocenters. The average molecular weight is 387 g/mol. The van der Waals surface area contributed by atoms with Crippen molar-refractivity contribution in [1.29, 1.82) is 0 Å². The molecule has 0 aromatic heterocycles. The number of benzene rings is 1. The maximum atomic E-state index is 11.6. The van der Waals surface area contributed by atoms with Gasteiger partial charge in [0, 0.05) is 17.9 Å². The van der Waals surface area contributed by atoms with E-state index in [9.17, 15) is 14.4 Å². The van der Waals surface area contributed by atoms with Gasteiger partial charge in [-0.05, 0) is 37.6 Å². The number of ether oxygens (including phenoxy) is 2. The zero-order chi connectivity index (χ0) is 17.2. The maximum absolute atomic E-state index is 11.6. The van der Waals surface area contributed by atoms with E-state index in [4.69, 9.17) is 9.47 Å². The Morgan fingerprint density at radius 3 is 2.48 bits per heavy atom. The smallest absolute Gasteiger partial charge is 0.321 e. The van der Waals surface area contributed by atoms with E-state index in [1.54, 1.807) is 0 Å². The first-order valence-corrected chi connectivity index (χ1v) is 7.82. The molecular formula is C15H19BrN2O5. The lowest BCUT2D eigenvalue weighted by Crippen LogP contribution is -2.43. The molecule has 0 heterocycles. The van der Waals surface area contributed by atoms with Crippen molar-refractivity contribution in [2.24, 2.45) is 0 Å². The number of esters is 1. The number of imide groups is 1. The van der Waals surface area contributed by atoms with Crippen LogP contribution in [0.25, 0.3) is 0 Å². The lowest BCUT2D eigenvalue weighted by molar-refractivity contribution is -0.154. The van der Waals surface area contributed by atoms with Gasteiger partial charge in [-0.25, -0.2) is 4.79 Å². The van der Waals surface area contributed by atoms with Gasteiger partial charge in [0.05, 0.1) is 6.61 Å². The summed E-state index contributed by atoms with van der Waals surface area (Å²) in [5, 5.41) is 4.27. The fourth-order valence-corrected chi connectivity index (χ4v) is 1.79. The van der Waals surface area contributed by atoms with Crippen LogP contribution in [0.5, 0.6) is 5.75 Å². The Balaban J connectivity index is 2.22. The number of carbonyl (C=O) groups is 3. The molecule has 0 aliphatic carbocycles. The summed E-state index contributed by atoms with van der Waals surface area (Å²) in [6, 6.07) is 6.69. The van der Waals surface area contributed by atoms with Crippen LogP contribution in [0.2, 0.25) is 0 Å². The Bertz CT molecular complexity index is 547. The maximum Gasteiger partial charge on any atom is 0.321 e. The number of hydrogen-bond acceptors (Lipinski definition) is 5. The van der Waals surface area contributed by atoms with Crippen LogP contribution in [-0.4, -0.2) is 37.7 Å². The predicted molar refractivity (Wildman–Crippen MR) is 87.0 cm³/mol. The van der Waals surface area contributed by atoms with Crippen LogP contribution in [0.1, 0.15) is 19.8 Å². The molecule has 0 saturated heterocycles. The van der Waals surface area contributed by atoms with Gasteiger partial charge < -0.3 is 14.8 Å². The highest BCUT2D eigenvalue weighted by Gasteiger charge is 2.19. The zero-order valence-corrected chi connectivity index (χ0v) is 14.5. The number of rotatable bonds is 7. The van der Waals surface area contributed by atoms with Gasteiger partial charge >= 0.3 is 12.0 Å². The Morgan fingerprint density at radius 1 is 1.22 bits per heavy atom. The first-order valence-electron chi connectivity index (χ1n) is 7.02. The summed E-state index contributed by atoms with van der Waals surface area (Å²) >= 11 is 3.33. The van der Waals surface area contributed by atoms with Crippen molar-refractivity contribution in [2.75, 3.05) is 13.7 Å². The van der Waals surface area contributed by atoms with Crippen molar-refractivity contribution >= 4 is 33.8 Å². The van der Waals surface area contributed by atoms with Crippen molar-refractivity contribution < 1.29 is 23.9 Å². The normalized spacial score (nSPS) is 11.3. The molecule has 1 atom stereocenters. The summed E-state index contributed by atoms with van der Waals surface area (Å²) in [5.74, 6) is -0.493. The average Bonchev–Trinajstić information content (AvgIpc) is 2.52. The van der Waals surface area contributed by atoms with Crippen molar-refractivity contribution in [2.45, 2.75) is 25.9 Å². The molecule has 126 valence electrons. The minimum Gasteiger partial charge on any atom is -0.494 e. The fraction of sp³-hybridized carbons (Fsp3) is 0.400. The number of urea groups is 1. The first-order chi connectivity index (χ1) is 10.9. The molecule has 3 amide bonds. The Hall–Kier alpha value is -2.09. The number of amides is 3. The minimum absolute atomic E-state index is 0.119. The molecule has 7 nitrogen and oxygen atoms in total. The van der Waals surface area contributed by atoms with Gasteiger partial charge in [-0.15, -0.1) is 0 Å². The van der Waals surface area contributed by atoms with E-state index < -0.39 is 24.0 Å². The highest BCUT2D eigenvalue weighted by molar-refractivity contribution is 9.10. The zero-order valence-electron chi connectivity index (χ0n) is 12.9. The van der Waals surface area contributed by atoms with Crippen LogP contribution in [0.4, 0.5) is 4.79 Å². The lowest BCUT2D eigenvalue weighted by Gasteiger charge is -2.12. The monoisotopic (exact) mass is 386 g/mol. The summed E-state index contributed by atoms with van der Waals surface area (Å²) in [6.07, 6.45) is -0.459. The van der Waals surface area contributed by atoms with E-state index in [-0.39, 0.29) is 6.42 Å². The van der Waals surface area contributed by atoms with Gasteiger partial charge in [0.1, 0.15) is 5.75 Å². The first kappa shape index (κ1) is 19.0. The molecule has 1 rings (SSSR count). The minimum atomic E-state index is -1.04. The fourth-order valence-electron chi connectivity index (χ4n) is 1.52. The molecule has 1 aromatic carbocycles. The quantitative estimate of drug-likeness (QED) is 0.551. The van der Waals surface area contributed by atoms with Crippen molar-refractivity contribution in [3.8, 4) is 5.75 Å². The van der Waals surface area contributed by atoms with Crippen LogP contribution in [0, 0.1) is 0 Å². The highest BCUT2D eigenvalue weighted by Crippen LogP contribution is 2.16. The number of halogens is 1. The van der Waals surface area contributed by atoms with Gasteiger partial charge in [0.2, 0.25) is 0 Å². The lowest BCUT2D eigenvalue weighted by atomic mass is 10.3. The van der Waals surface area contributed by atoms with Gasteiger partial charge in [0.25, 0.3) is 5.91 Å². The van der Waals surface area contributed by atoms with Crippen LogP contribution in [0.15, 0.2) is 28.7 Å². The molecule has 8 heteroatoms. The molecule has 0 aliphatic heterocycles. The second-order valence-electron chi connectivity index (χ2n) is 4.61. The highest BCUT2D eigenvalue weighted by atomic mass is 79.9. The molecule has 0 aliphatic rings. The number of nitrogens with one attached hydrogen (secondary N) is 2. The second-order valence-corrected chi connectivity index (χ2v) is 5.52. The topological polar surface area (TPSA) is 93.7 Å². The van der Waals surface area contributed by atoms with Gasteiger partial charge in [0.15, 0.2) is 6.10 Å². The molecule has 1 aromatic rings. The molecule has 23 heavy (non-hydrogen) atoms. The summed E-state index contributed by atoms with van der Waals surface area (Å²) in [7, 11) is 1.38. The largest absolute Gasteiger partial charge is 0.494 e. The Morgan fingerprint density at radius 2 is 1.87 bits per heavy atom. The van der Waals surface area contributed by atoms with Crippen LogP contribution in [0.3, 0.4) is 0 Å². The number of hydrogen-bond donors (Lipinski definition) is 2. The number of carbonyl (C=O) groups excluding carboxylic acids is 3. The van der Waals surface area contributed by atoms with E-state index >= 15 is 0 Å². The SMILES string of the molecule is CNC(=O)NC(=O)[C@H](C)OC(=O)CCCOc1ccc(Br)cc1. The molecule has 0 spiro atoms. The van der Waals surface area contributed by atoms with Gasteiger partial charge in [-0.3, -0.25) is 14.9 Å². The molecule has 0 bridgehead atoms. The van der Waals surface area contributed by atoms with Gasteiger partial charge in [-0.2, -0.15) is 0 Å². The summed E-state index contributed by atoms with van der Waals surface area (Å²) in [5.41, 5.74) is 0. The molecule has 0 saturated carbocycles. The van der Waals surface area contributed by atoms with Crippen molar-refractivity contribution in [3.05, 3.63) is 28.7 Å². The standard InChI is InChI=1S/C15H19BrN2O5/c1-10(14(20)18-15(21)17-2)23-13(19)4-3-9-22-12-7-5-11(16)6-8-12/h5-8,10H,3-4,9H2,1-2H3,(H2,17,18,20,21)/t10-/m0/s1. The Kier molecular flexibility index (Phi) is 8.10. The van der Waals surface area contributed by atoms with Crippen molar-refractivity contribution in [1.82, 2.24) is 10.6 Å². The van der Waals surface area contributed by atoms with Crippen LogP contribution < -0.4 is 15.4 Å². The molecule has 2 N–H and O–H groups in total. The van der Waals surface area contributed by atoms with Gasteiger partial charge in [-0.1, -0.05) is 15.9 Å². The van der Waals surface area contributed by atoms with Crippen LogP contribution in [-0.2, 0) is 14.3 Å². The second kappa shape index (κ2) is 9.83. The Labute approximate surface area is 142 Å². The molecule has 0 fully saturated rings.